The van der Waals surface area contributed by atoms with E-state index in [1.54, 1.807) is 4.90 Å². The van der Waals surface area contributed by atoms with Gasteiger partial charge < -0.3 is 9.47 Å². The smallest absolute Gasteiger partial charge is 0.254 e. The molecule has 0 aliphatic carbocycles. The lowest BCUT2D eigenvalue weighted by molar-refractivity contribution is -0.119. The Morgan fingerprint density at radius 1 is 1.24 bits per heavy atom. The summed E-state index contributed by atoms with van der Waals surface area (Å²) < 4.78 is 2.94. The predicted molar refractivity (Wildman–Crippen MR) is 70.1 cm³/mol. The Morgan fingerprint density at radius 3 is 2.65 bits per heavy atom. The Labute approximate surface area is 108 Å². The summed E-state index contributed by atoms with van der Waals surface area (Å²) in [4.78, 5) is 14.0. The molecule has 2 heterocycles. The number of carbonyl (C=O) groups is 1. The number of likely N-dealkylation sites (N-methyl/N-ethyl adjacent to an activating group) is 1. The van der Waals surface area contributed by atoms with Crippen molar-refractivity contribution in [3.05, 3.63) is 52.8 Å². The van der Waals surface area contributed by atoms with E-state index in [0.29, 0.717) is 0 Å². The van der Waals surface area contributed by atoms with Crippen molar-refractivity contribution in [3.63, 3.8) is 0 Å². The minimum absolute atomic E-state index is 0.106. The predicted octanol–water partition coefficient (Wildman–Crippen LogP) is 2.82. The molecule has 1 atom stereocenters. The van der Waals surface area contributed by atoms with E-state index in [9.17, 15) is 4.79 Å². The first-order valence-electron chi connectivity index (χ1n) is 5.38. The molecule has 0 bridgehead atoms. The first-order valence-corrected chi connectivity index (χ1v) is 6.17. The van der Waals surface area contributed by atoms with Crippen LogP contribution in [0.5, 0.6) is 0 Å². The molecule has 86 valence electrons. The van der Waals surface area contributed by atoms with Gasteiger partial charge in [0.2, 0.25) is 0 Å². The zero-order chi connectivity index (χ0) is 12.0. The Balaban J connectivity index is 2.19. The molecule has 0 saturated carbocycles. The van der Waals surface area contributed by atoms with Gasteiger partial charge in [0, 0.05) is 35.2 Å². The lowest BCUT2D eigenvalue weighted by Gasteiger charge is -2.12. The maximum Gasteiger partial charge on any atom is 0.254 e. The van der Waals surface area contributed by atoms with Crippen LogP contribution in [0.1, 0.15) is 11.6 Å². The summed E-state index contributed by atoms with van der Waals surface area (Å²) >= 11 is 3.46. The molecule has 3 nitrogen and oxygen atoms in total. The second kappa shape index (κ2) is 3.74. The van der Waals surface area contributed by atoms with E-state index >= 15 is 0 Å². The van der Waals surface area contributed by atoms with Crippen LogP contribution in [-0.4, -0.2) is 17.5 Å². The Bertz CT molecular complexity index is 577. The summed E-state index contributed by atoms with van der Waals surface area (Å²) in [6.45, 7) is 0. The summed E-state index contributed by atoms with van der Waals surface area (Å²) in [5, 5.41) is 0. The average molecular weight is 291 g/mol. The van der Waals surface area contributed by atoms with Crippen molar-refractivity contribution in [3.8, 4) is 0 Å². The number of amides is 1. The molecule has 0 N–H and O–H groups in total. The van der Waals surface area contributed by atoms with Crippen LogP contribution in [-0.2, 0) is 4.79 Å². The Morgan fingerprint density at radius 2 is 1.94 bits per heavy atom. The topological polar surface area (TPSA) is 25.2 Å². The molecule has 1 aliphatic heterocycles. The molecule has 3 rings (SSSR count). The molecule has 1 unspecified atom stereocenters. The number of fused-ring (bicyclic) bond motifs is 1. The minimum atomic E-state index is -0.234. The van der Waals surface area contributed by atoms with Crippen LogP contribution in [0.3, 0.4) is 0 Å². The summed E-state index contributed by atoms with van der Waals surface area (Å²) in [6, 6.07) is 9.58. The van der Waals surface area contributed by atoms with Crippen molar-refractivity contribution < 1.29 is 4.79 Å². The number of aromatic nitrogens is 1. The largest absolute Gasteiger partial charge is 0.338 e. The van der Waals surface area contributed by atoms with Gasteiger partial charge in [0.25, 0.3) is 5.91 Å². The molecular formula is C13H11BrN2O. The van der Waals surface area contributed by atoms with Crippen molar-refractivity contribution >= 4 is 27.5 Å². The fourth-order valence-electron chi connectivity index (χ4n) is 2.29. The highest BCUT2D eigenvalue weighted by molar-refractivity contribution is 9.10. The van der Waals surface area contributed by atoms with Gasteiger partial charge >= 0.3 is 0 Å². The fourth-order valence-corrected chi connectivity index (χ4v) is 2.67. The SMILES string of the molecule is CN1C(=O)C(n2cccc2)c2cc(Br)ccc21. The van der Waals surface area contributed by atoms with Crippen molar-refractivity contribution in [1.29, 1.82) is 0 Å². The van der Waals surface area contributed by atoms with Crippen molar-refractivity contribution in [2.75, 3.05) is 11.9 Å². The zero-order valence-electron chi connectivity index (χ0n) is 9.30. The number of hydrogen-bond donors (Lipinski definition) is 0. The summed E-state index contributed by atoms with van der Waals surface area (Å²) in [5.74, 6) is 0.106. The lowest BCUT2D eigenvalue weighted by Crippen LogP contribution is -2.26. The van der Waals surface area contributed by atoms with Gasteiger partial charge in [0.05, 0.1) is 0 Å². The summed E-state index contributed by atoms with van der Waals surface area (Å²) in [7, 11) is 1.82. The Hall–Kier alpha value is -1.55. The molecule has 1 aromatic carbocycles. The number of benzene rings is 1. The van der Waals surface area contributed by atoms with Gasteiger partial charge in [-0.1, -0.05) is 15.9 Å². The van der Waals surface area contributed by atoms with E-state index < -0.39 is 0 Å². The third kappa shape index (κ3) is 1.52. The first kappa shape index (κ1) is 10.6. The zero-order valence-corrected chi connectivity index (χ0v) is 10.9. The van der Waals surface area contributed by atoms with Crippen LogP contribution in [0.15, 0.2) is 47.2 Å². The minimum Gasteiger partial charge on any atom is -0.338 e. The van der Waals surface area contributed by atoms with Crippen molar-refractivity contribution in [1.82, 2.24) is 4.57 Å². The second-order valence-corrected chi connectivity index (χ2v) is 5.05. The molecule has 0 saturated heterocycles. The number of hydrogen-bond acceptors (Lipinski definition) is 1. The van der Waals surface area contributed by atoms with Crippen LogP contribution >= 0.6 is 15.9 Å². The van der Waals surface area contributed by atoms with E-state index in [0.717, 1.165) is 15.7 Å². The molecule has 0 radical (unpaired) electrons. The summed E-state index contributed by atoms with van der Waals surface area (Å²) in [5.41, 5.74) is 2.03. The van der Waals surface area contributed by atoms with Crippen molar-refractivity contribution in [2.45, 2.75) is 6.04 Å². The molecule has 1 aromatic heterocycles. The average Bonchev–Trinajstić information content (AvgIpc) is 2.88. The van der Waals surface area contributed by atoms with E-state index in [2.05, 4.69) is 15.9 Å². The highest BCUT2D eigenvalue weighted by Crippen LogP contribution is 2.38. The second-order valence-electron chi connectivity index (χ2n) is 4.13. The number of rotatable bonds is 1. The maximum atomic E-state index is 12.3. The summed E-state index contributed by atoms with van der Waals surface area (Å²) in [6.07, 6.45) is 3.85. The van der Waals surface area contributed by atoms with Crippen LogP contribution in [0.2, 0.25) is 0 Å². The molecular weight excluding hydrogens is 280 g/mol. The molecule has 0 fully saturated rings. The van der Waals surface area contributed by atoms with Crippen LogP contribution in [0, 0.1) is 0 Å². The third-order valence-corrected chi connectivity index (χ3v) is 3.63. The number of nitrogens with zero attached hydrogens (tertiary/aromatic N) is 2. The van der Waals surface area contributed by atoms with E-state index in [-0.39, 0.29) is 11.9 Å². The molecule has 17 heavy (non-hydrogen) atoms. The first-order chi connectivity index (χ1) is 8.18. The maximum absolute atomic E-state index is 12.3. The van der Waals surface area contributed by atoms with E-state index in [1.807, 2.05) is 54.3 Å². The van der Waals surface area contributed by atoms with Gasteiger partial charge in [-0.05, 0) is 30.3 Å². The molecule has 1 amide bonds. The van der Waals surface area contributed by atoms with Gasteiger partial charge in [0.1, 0.15) is 6.04 Å². The van der Waals surface area contributed by atoms with Crippen LogP contribution in [0.4, 0.5) is 5.69 Å². The van der Waals surface area contributed by atoms with Crippen LogP contribution < -0.4 is 4.90 Å². The molecule has 4 heteroatoms. The highest BCUT2D eigenvalue weighted by Gasteiger charge is 2.35. The molecule has 2 aromatic rings. The number of halogens is 1. The van der Waals surface area contributed by atoms with Gasteiger partial charge in [-0.2, -0.15) is 0 Å². The van der Waals surface area contributed by atoms with Gasteiger partial charge in [-0.25, -0.2) is 0 Å². The van der Waals surface area contributed by atoms with Crippen LogP contribution in [0.25, 0.3) is 0 Å². The molecule has 1 aliphatic rings. The van der Waals surface area contributed by atoms with Gasteiger partial charge in [0.15, 0.2) is 0 Å². The normalized spacial score (nSPS) is 18.6. The molecule has 0 spiro atoms. The number of anilines is 1. The quantitative estimate of drug-likeness (QED) is 0.793. The lowest BCUT2D eigenvalue weighted by atomic mass is 10.1. The Kier molecular flexibility index (Phi) is 2.33. The van der Waals surface area contributed by atoms with E-state index in [4.69, 9.17) is 0 Å². The fraction of sp³-hybridized carbons (Fsp3) is 0.154. The van der Waals surface area contributed by atoms with Gasteiger partial charge in [-0.3, -0.25) is 4.79 Å². The standard InChI is InChI=1S/C13H11BrN2O/c1-15-11-5-4-9(14)8-10(11)12(13(15)17)16-6-2-3-7-16/h2-8,12H,1H3. The third-order valence-electron chi connectivity index (χ3n) is 3.14. The van der Waals surface area contributed by atoms with Gasteiger partial charge in [-0.15, -0.1) is 0 Å². The van der Waals surface area contributed by atoms with E-state index in [1.165, 1.54) is 0 Å². The highest BCUT2D eigenvalue weighted by atomic mass is 79.9. The van der Waals surface area contributed by atoms with Crippen molar-refractivity contribution in [2.24, 2.45) is 0 Å². The number of carbonyl (C=O) groups excluding carboxylic acids is 1. The monoisotopic (exact) mass is 290 g/mol.